The first-order valence-electron chi connectivity index (χ1n) is 9.65. The second-order valence-corrected chi connectivity index (χ2v) is 7.36. The van der Waals surface area contributed by atoms with Crippen molar-refractivity contribution in [1.29, 1.82) is 0 Å². The number of anilines is 3. The van der Waals surface area contributed by atoms with Gasteiger partial charge in [-0.3, -0.25) is 0 Å². The van der Waals surface area contributed by atoms with Crippen molar-refractivity contribution in [3.63, 3.8) is 0 Å². The first-order chi connectivity index (χ1) is 14.9. The zero-order chi connectivity index (χ0) is 22.4. The molecule has 9 nitrogen and oxygen atoms in total. The van der Waals surface area contributed by atoms with Gasteiger partial charge in [0.15, 0.2) is 5.82 Å². The number of ether oxygens (including phenoxy) is 2. The van der Waals surface area contributed by atoms with Crippen molar-refractivity contribution >= 4 is 29.1 Å². The number of hydrogen-bond acceptors (Lipinski definition) is 9. The van der Waals surface area contributed by atoms with Gasteiger partial charge < -0.3 is 25.0 Å². The highest BCUT2D eigenvalue weighted by molar-refractivity contribution is 6.35. The van der Waals surface area contributed by atoms with E-state index in [0.717, 1.165) is 12.1 Å². The Hall–Kier alpha value is -3.17. The van der Waals surface area contributed by atoms with Crippen LogP contribution in [0.2, 0.25) is 5.02 Å². The van der Waals surface area contributed by atoms with Crippen LogP contribution >= 0.6 is 11.6 Å². The largest absolute Gasteiger partial charge is 0.496 e. The Morgan fingerprint density at radius 3 is 2.58 bits per heavy atom. The van der Waals surface area contributed by atoms with Crippen molar-refractivity contribution in [2.45, 2.75) is 6.92 Å². The summed E-state index contributed by atoms with van der Waals surface area (Å²) in [6.07, 6.45) is 3.16. The average Bonchev–Trinajstić information content (AvgIpc) is 2.77. The number of hydrogen-bond donors (Lipinski definition) is 2. The fourth-order valence-electron chi connectivity index (χ4n) is 2.92. The Labute approximate surface area is 186 Å². The molecule has 0 radical (unpaired) electrons. The minimum atomic E-state index is 0.430. The Morgan fingerprint density at radius 1 is 1.10 bits per heavy atom. The Balaban J connectivity index is 1.96. The summed E-state index contributed by atoms with van der Waals surface area (Å²) in [4.78, 5) is 19.6. The number of methoxy groups -OCH3 is 2. The van der Waals surface area contributed by atoms with Gasteiger partial charge in [0, 0.05) is 30.9 Å². The van der Waals surface area contributed by atoms with Gasteiger partial charge in [-0.05, 0) is 33.2 Å². The molecule has 0 amide bonds. The Morgan fingerprint density at radius 2 is 1.87 bits per heavy atom. The zero-order valence-corrected chi connectivity index (χ0v) is 19.0. The van der Waals surface area contributed by atoms with Gasteiger partial charge in [-0.25, -0.2) is 15.0 Å². The summed E-state index contributed by atoms with van der Waals surface area (Å²) in [6.45, 7) is 3.48. The number of likely N-dealkylation sites (N-methyl/N-ethyl adjacent to an activating group) is 1. The molecule has 0 aliphatic rings. The minimum absolute atomic E-state index is 0.430. The highest BCUT2D eigenvalue weighted by atomic mass is 35.5. The molecule has 0 fully saturated rings. The van der Waals surface area contributed by atoms with Crippen LogP contribution in [0.1, 0.15) is 5.56 Å². The molecule has 0 aliphatic carbocycles. The maximum absolute atomic E-state index is 6.57. The quantitative estimate of drug-likeness (QED) is 0.513. The molecule has 10 heteroatoms. The van der Waals surface area contributed by atoms with Gasteiger partial charge in [-0.2, -0.15) is 4.98 Å². The topological polar surface area (TPSA) is 97.3 Å². The van der Waals surface area contributed by atoms with Gasteiger partial charge >= 0.3 is 0 Å². The molecule has 31 heavy (non-hydrogen) atoms. The fourth-order valence-corrected chi connectivity index (χ4v) is 3.24. The molecule has 2 N–H and O–H groups in total. The summed E-state index contributed by atoms with van der Waals surface area (Å²) in [5.41, 5.74) is 2.17. The van der Waals surface area contributed by atoms with Crippen LogP contribution in [-0.2, 0) is 0 Å². The highest BCUT2D eigenvalue weighted by Gasteiger charge is 2.18. The summed E-state index contributed by atoms with van der Waals surface area (Å²) < 4.78 is 10.9. The molecule has 2 heterocycles. The SMILES string of the molecule is COc1cc(OC)c(Cl)c(Nc2ncccc2-c2ncnc(NCCN(C)C)n2)c1C. The van der Waals surface area contributed by atoms with Crippen molar-refractivity contribution in [3.05, 3.63) is 41.3 Å². The first kappa shape index (κ1) is 22.5. The molecular weight excluding hydrogens is 418 g/mol. The molecule has 3 aromatic rings. The molecule has 0 atom stereocenters. The van der Waals surface area contributed by atoms with Gasteiger partial charge in [-0.15, -0.1) is 0 Å². The molecule has 0 spiro atoms. The van der Waals surface area contributed by atoms with Crippen LogP contribution in [0.4, 0.5) is 17.5 Å². The zero-order valence-electron chi connectivity index (χ0n) is 18.2. The van der Waals surface area contributed by atoms with E-state index in [-0.39, 0.29) is 0 Å². The lowest BCUT2D eigenvalue weighted by Gasteiger charge is -2.18. The van der Waals surface area contributed by atoms with Crippen molar-refractivity contribution in [2.75, 3.05) is 52.0 Å². The molecule has 1 aromatic carbocycles. The van der Waals surface area contributed by atoms with Crippen LogP contribution in [0, 0.1) is 6.92 Å². The number of nitrogens with zero attached hydrogens (tertiary/aromatic N) is 5. The summed E-state index contributed by atoms with van der Waals surface area (Å²) in [5.74, 6) is 2.68. The smallest absolute Gasteiger partial charge is 0.226 e. The van der Waals surface area contributed by atoms with E-state index in [1.807, 2.05) is 33.2 Å². The molecule has 2 aromatic heterocycles. The molecular formula is C21H26ClN7O2. The highest BCUT2D eigenvalue weighted by Crippen LogP contribution is 2.42. The van der Waals surface area contributed by atoms with Gasteiger partial charge in [0.1, 0.15) is 28.7 Å². The van der Waals surface area contributed by atoms with Gasteiger partial charge in [0.05, 0.1) is 25.5 Å². The third-order valence-electron chi connectivity index (χ3n) is 4.59. The lowest BCUT2D eigenvalue weighted by molar-refractivity contribution is 0.393. The number of pyridine rings is 1. The number of benzene rings is 1. The van der Waals surface area contributed by atoms with Gasteiger partial charge in [0.25, 0.3) is 0 Å². The van der Waals surface area contributed by atoms with E-state index in [9.17, 15) is 0 Å². The fraction of sp³-hybridized carbons (Fsp3) is 0.333. The maximum atomic E-state index is 6.57. The summed E-state index contributed by atoms with van der Waals surface area (Å²) in [6, 6.07) is 5.46. The normalized spacial score (nSPS) is 10.8. The number of nitrogens with one attached hydrogen (secondary N) is 2. The Bertz CT molecular complexity index is 1020. The predicted octanol–water partition coefficient (Wildman–Crippen LogP) is 3.63. The average molecular weight is 444 g/mol. The molecule has 164 valence electrons. The molecule has 0 bridgehead atoms. The molecule has 0 unspecified atom stereocenters. The van der Waals surface area contributed by atoms with E-state index in [0.29, 0.717) is 51.9 Å². The third-order valence-corrected chi connectivity index (χ3v) is 4.96. The first-order valence-corrected chi connectivity index (χ1v) is 10.0. The number of rotatable bonds is 9. The van der Waals surface area contributed by atoms with E-state index >= 15 is 0 Å². The second kappa shape index (κ2) is 10.2. The minimum Gasteiger partial charge on any atom is -0.496 e. The predicted molar refractivity (Wildman–Crippen MR) is 123 cm³/mol. The van der Waals surface area contributed by atoms with Crippen LogP contribution in [0.5, 0.6) is 11.5 Å². The van der Waals surface area contributed by atoms with Gasteiger partial charge in [0.2, 0.25) is 5.95 Å². The lowest BCUT2D eigenvalue weighted by atomic mass is 10.1. The molecule has 0 saturated heterocycles. The van der Waals surface area contributed by atoms with E-state index < -0.39 is 0 Å². The Kier molecular flexibility index (Phi) is 7.43. The monoisotopic (exact) mass is 443 g/mol. The second-order valence-electron chi connectivity index (χ2n) is 6.98. The van der Waals surface area contributed by atoms with E-state index in [4.69, 9.17) is 21.1 Å². The van der Waals surface area contributed by atoms with Gasteiger partial charge in [-0.1, -0.05) is 11.6 Å². The van der Waals surface area contributed by atoms with Crippen molar-refractivity contribution in [1.82, 2.24) is 24.8 Å². The van der Waals surface area contributed by atoms with Crippen molar-refractivity contribution < 1.29 is 9.47 Å². The van der Waals surface area contributed by atoms with E-state index in [1.54, 1.807) is 26.5 Å². The summed E-state index contributed by atoms with van der Waals surface area (Å²) >= 11 is 6.57. The number of halogens is 1. The van der Waals surface area contributed by atoms with Crippen LogP contribution < -0.4 is 20.1 Å². The van der Waals surface area contributed by atoms with Crippen molar-refractivity contribution in [2.24, 2.45) is 0 Å². The van der Waals surface area contributed by atoms with Crippen LogP contribution in [0.3, 0.4) is 0 Å². The van der Waals surface area contributed by atoms with E-state index in [2.05, 4.69) is 35.5 Å². The van der Waals surface area contributed by atoms with Crippen molar-refractivity contribution in [3.8, 4) is 22.9 Å². The van der Waals surface area contributed by atoms with Crippen LogP contribution in [0.25, 0.3) is 11.4 Å². The van der Waals surface area contributed by atoms with Crippen LogP contribution in [0.15, 0.2) is 30.7 Å². The van der Waals surface area contributed by atoms with Crippen LogP contribution in [-0.4, -0.2) is 66.2 Å². The summed E-state index contributed by atoms with van der Waals surface area (Å²) in [5, 5.41) is 6.94. The lowest BCUT2D eigenvalue weighted by Crippen LogP contribution is -2.21. The maximum Gasteiger partial charge on any atom is 0.226 e. The molecule has 0 saturated carbocycles. The summed E-state index contributed by atoms with van der Waals surface area (Å²) in [7, 11) is 7.17. The van der Waals surface area contributed by atoms with E-state index in [1.165, 1.54) is 6.33 Å². The third kappa shape index (κ3) is 5.31. The standard InChI is InChI=1S/C21H26ClN7O2/c1-13-15(30-4)11-16(31-5)17(22)18(13)27-19-14(7-6-8-23-19)20-25-12-26-21(28-20)24-9-10-29(2)3/h6-8,11-12H,9-10H2,1-5H3,(H,23,27)(H,24,25,26,28). The molecule has 3 rings (SSSR count). The number of aromatic nitrogens is 4. The molecule has 0 aliphatic heterocycles.